The van der Waals surface area contributed by atoms with Gasteiger partial charge in [-0.15, -0.1) is 0 Å². The van der Waals surface area contributed by atoms with Gasteiger partial charge in [-0.2, -0.15) is 0 Å². The fourth-order valence-electron chi connectivity index (χ4n) is 0.827. The molecule has 4 nitrogen and oxygen atoms in total. The fraction of sp³-hybridized carbons (Fsp3) is 0.444. The fourth-order valence-corrected chi connectivity index (χ4v) is 0.827. The van der Waals surface area contributed by atoms with E-state index in [9.17, 15) is 4.79 Å². The number of rotatable bonds is 4. The third kappa shape index (κ3) is 4.82. The van der Waals surface area contributed by atoms with Crippen molar-refractivity contribution < 1.29 is 4.79 Å². The quantitative estimate of drug-likeness (QED) is 0.498. The van der Waals surface area contributed by atoms with Crippen molar-refractivity contribution >= 4 is 12.2 Å². The molecule has 0 aromatic heterocycles. The average Bonchev–Trinajstić information content (AvgIpc) is 2.04. The molecule has 0 rings (SSSR count). The van der Waals surface area contributed by atoms with E-state index in [1.807, 2.05) is 0 Å². The Morgan fingerprint density at radius 2 is 2.31 bits per heavy atom. The van der Waals surface area contributed by atoms with E-state index >= 15 is 0 Å². The van der Waals surface area contributed by atoms with Crippen molar-refractivity contribution in [3.8, 4) is 0 Å². The van der Waals surface area contributed by atoms with Gasteiger partial charge in [0.1, 0.15) is 5.94 Å². The van der Waals surface area contributed by atoms with Crippen molar-refractivity contribution in [2.45, 2.75) is 6.92 Å². The van der Waals surface area contributed by atoms with Crippen molar-refractivity contribution in [2.24, 2.45) is 10.7 Å². The summed E-state index contributed by atoms with van der Waals surface area (Å²) in [6, 6.07) is 0. The maximum Gasteiger partial charge on any atom is 0.142 e. The summed E-state index contributed by atoms with van der Waals surface area (Å²) < 4.78 is 0. The minimum Gasteiger partial charge on any atom is -0.402 e. The normalized spacial score (nSPS) is 12.2. The van der Waals surface area contributed by atoms with Gasteiger partial charge in [0.05, 0.1) is 6.20 Å². The van der Waals surface area contributed by atoms with E-state index in [0.29, 0.717) is 12.2 Å². The molecule has 0 fully saturated rings. The van der Waals surface area contributed by atoms with Crippen molar-refractivity contribution in [1.29, 1.82) is 0 Å². The Morgan fingerprint density at radius 3 is 2.69 bits per heavy atom. The van der Waals surface area contributed by atoms with Crippen LogP contribution in [0.1, 0.15) is 6.92 Å². The molecule has 0 heterocycles. The van der Waals surface area contributed by atoms with Crippen LogP contribution in [0.25, 0.3) is 0 Å². The van der Waals surface area contributed by atoms with Crippen molar-refractivity contribution in [2.75, 3.05) is 20.6 Å². The molecule has 0 saturated heterocycles. The van der Waals surface area contributed by atoms with E-state index in [4.69, 9.17) is 5.73 Å². The molecule has 4 heteroatoms. The number of likely N-dealkylation sites (N-methyl/N-ethyl adjacent to an activating group) is 1. The molecule has 0 aliphatic heterocycles. The van der Waals surface area contributed by atoms with Crippen LogP contribution in [-0.4, -0.2) is 37.7 Å². The van der Waals surface area contributed by atoms with Gasteiger partial charge < -0.3 is 10.6 Å². The van der Waals surface area contributed by atoms with E-state index in [1.165, 1.54) is 6.20 Å². The van der Waals surface area contributed by atoms with E-state index in [-0.39, 0.29) is 0 Å². The van der Waals surface area contributed by atoms with Crippen LogP contribution in [0.5, 0.6) is 0 Å². The number of hydrogen-bond donors (Lipinski definition) is 1. The molecular formula is C9H15N3O. The van der Waals surface area contributed by atoms with Crippen LogP contribution >= 0.6 is 0 Å². The average molecular weight is 181 g/mol. The zero-order valence-corrected chi connectivity index (χ0v) is 8.24. The highest BCUT2D eigenvalue weighted by molar-refractivity contribution is 5.79. The van der Waals surface area contributed by atoms with Gasteiger partial charge in [-0.1, -0.05) is 0 Å². The van der Waals surface area contributed by atoms with E-state index in [1.54, 1.807) is 38.1 Å². The maximum absolute atomic E-state index is 10.0. The molecule has 0 aliphatic rings. The number of nitrogens with two attached hydrogens (primary N) is 1. The lowest BCUT2D eigenvalue weighted by Crippen LogP contribution is -2.18. The molecule has 0 aliphatic carbocycles. The highest BCUT2D eigenvalue weighted by Gasteiger charge is 1.99. The number of allylic oxidation sites excluding steroid dienone is 1. The topological polar surface area (TPSA) is 58.7 Å². The van der Waals surface area contributed by atoms with Gasteiger partial charge in [-0.05, 0) is 6.92 Å². The monoisotopic (exact) mass is 181 g/mol. The third-order valence-corrected chi connectivity index (χ3v) is 1.48. The smallest absolute Gasteiger partial charge is 0.142 e. The summed E-state index contributed by atoms with van der Waals surface area (Å²) in [6.07, 6.45) is 3.01. The molecule has 13 heavy (non-hydrogen) atoms. The molecular weight excluding hydrogens is 166 g/mol. The molecule has 72 valence electrons. The van der Waals surface area contributed by atoms with Crippen LogP contribution in [0.4, 0.5) is 0 Å². The van der Waals surface area contributed by atoms with Crippen LogP contribution in [0, 0.1) is 0 Å². The predicted octanol–water partition coefficient (Wildman–Crippen LogP) is 0.197. The minimum atomic E-state index is 0.564. The van der Waals surface area contributed by atoms with Gasteiger partial charge in [0, 0.05) is 38.1 Å². The molecule has 0 atom stereocenters. The van der Waals surface area contributed by atoms with Gasteiger partial charge in [0.2, 0.25) is 0 Å². The Hall–Kier alpha value is -1.54. The molecule has 2 N–H and O–H groups in total. The Kier molecular flexibility index (Phi) is 5.32. The lowest BCUT2D eigenvalue weighted by molar-refractivity contribution is 0.496. The third-order valence-electron chi connectivity index (χ3n) is 1.48. The maximum atomic E-state index is 10.0. The van der Waals surface area contributed by atoms with Crippen LogP contribution in [0.3, 0.4) is 0 Å². The number of nitrogens with zero attached hydrogens (tertiary/aromatic N) is 2. The standard InChI is InChI=1S/C9H15N3O/c1-8(10)9(6-11-2)7-12(3)4-5-13/h4,6H,7,10H2,1-3H3/b9-8+,11-6?. The number of aliphatic imine (C=N–C) groups is 1. The Labute approximate surface area is 78.4 Å². The van der Waals surface area contributed by atoms with Crippen LogP contribution in [-0.2, 0) is 4.79 Å². The number of carbonyl (C=O) groups excluding carboxylic acids is 1. The van der Waals surface area contributed by atoms with E-state index in [2.05, 4.69) is 4.99 Å². The van der Waals surface area contributed by atoms with Gasteiger partial charge >= 0.3 is 0 Å². The van der Waals surface area contributed by atoms with E-state index < -0.39 is 0 Å². The highest BCUT2D eigenvalue weighted by Crippen LogP contribution is 1.98. The largest absolute Gasteiger partial charge is 0.402 e. The second-order valence-corrected chi connectivity index (χ2v) is 2.76. The molecule has 0 radical (unpaired) electrons. The van der Waals surface area contributed by atoms with Crippen molar-refractivity contribution in [3.63, 3.8) is 0 Å². The van der Waals surface area contributed by atoms with Crippen molar-refractivity contribution in [1.82, 2.24) is 4.90 Å². The Bertz CT molecular complexity index is 258. The summed E-state index contributed by atoms with van der Waals surface area (Å²) >= 11 is 0. The first-order valence-corrected chi connectivity index (χ1v) is 3.90. The Morgan fingerprint density at radius 1 is 1.69 bits per heavy atom. The van der Waals surface area contributed by atoms with Crippen LogP contribution in [0.2, 0.25) is 0 Å². The lowest BCUT2D eigenvalue weighted by atomic mass is 10.2. The molecule has 0 saturated carbocycles. The first-order chi connectivity index (χ1) is 6.11. The summed E-state index contributed by atoms with van der Waals surface area (Å²) in [5.41, 5.74) is 7.22. The van der Waals surface area contributed by atoms with Gasteiger partial charge in [0.25, 0.3) is 0 Å². The van der Waals surface area contributed by atoms with Gasteiger partial charge in [-0.3, -0.25) is 4.99 Å². The van der Waals surface area contributed by atoms with Gasteiger partial charge in [-0.25, -0.2) is 4.79 Å². The second-order valence-electron chi connectivity index (χ2n) is 2.76. The van der Waals surface area contributed by atoms with Crippen molar-refractivity contribution in [3.05, 3.63) is 17.5 Å². The summed E-state index contributed by atoms with van der Waals surface area (Å²) in [5.74, 6) is 1.70. The summed E-state index contributed by atoms with van der Waals surface area (Å²) in [7, 11) is 3.45. The molecule has 0 spiro atoms. The summed E-state index contributed by atoms with van der Waals surface area (Å²) in [6.45, 7) is 2.37. The number of hydrogen-bond acceptors (Lipinski definition) is 4. The predicted molar refractivity (Wildman–Crippen MR) is 54.2 cm³/mol. The van der Waals surface area contributed by atoms with Crippen LogP contribution in [0.15, 0.2) is 22.5 Å². The van der Waals surface area contributed by atoms with Gasteiger partial charge in [0.15, 0.2) is 0 Å². The summed E-state index contributed by atoms with van der Waals surface area (Å²) in [4.78, 5) is 15.6. The SMILES string of the molecule is CN=C/C(CN(C)C=C=O)=C(/C)N. The second kappa shape index (κ2) is 6.03. The highest BCUT2D eigenvalue weighted by atomic mass is 16.1. The minimum absolute atomic E-state index is 0.564. The molecule has 0 unspecified atom stereocenters. The molecule has 0 bridgehead atoms. The molecule has 0 amide bonds. The molecule has 0 aromatic carbocycles. The Balaban J connectivity index is 4.45. The van der Waals surface area contributed by atoms with Crippen LogP contribution < -0.4 is 5.73 Å². The summed E-state index contributed by atoms with van der Waals surface area (Å²) in [5, 5.41) is 0. The first kappa shape index (κ1) is 11.5. The lowest BCUT2D eigenvalue weighted by Gasteiger charge is -2.13. The molecule has 0 aromatic rings. The first-order valence-electron chi connectivity index (χ1n) is 3.90. The van der Waals surface area contributed by atoms with E-state index in [0.717, 1.165) is 5.57 Å². The zero-order chi connectivity index (χ0) is 10.3. The zero-order valence-electron chi connectivity index (χ0n) is 8.24.